The number of ether oxygens (including phenoxy) is 1. The van der Waals surface area contributed by atoms with Crippen LogP contribution in [0.3, 0.4) is 0 Å². The maximum Gasteiger partial charge on any atom is 0.218 e. The number of methoxy groups -OCH3 is 1. The Morgan fingerprint density at radius 3 is 2.61 bits per heavy atom. The topological polar surface area (TPSA) is 57.2 Å². The van der Waals surface area contributed by atoms with Crippen LogP contribution in [0, 0.1) is 5.82 Å². The molecule has 1 aromatic heterocycles. The molecule has 1 heterocycles. The maximum absolute atomic E-state index is 13.2. The number of pyridine rings is 1. The summed E-state index contributed by atoms with van der Waals surface area (Å²) in [5.41, 5.74) is 0.551. The van der Waals surface area contributed by atoms with Crippen LogP contribution in [-0.4, -0.2) is 21.4 Å². The van der Waals surface area contributed by atoms with E-state index in [4.69, 9.17) is 4.74 Å². The van der Waals surface area contributed by atoms with Crippen LogP contribution in [0.1, 0.15) is 39.3 Å². The highest BCUT2D eigenvalue weighted by atomic mass is 32.2. The molecule has 0 aliphatic carbocycles. The Kier molecular flexibility index (Phi) is 4.95. The molecule has 0 amide bonds. The van der Waals surface area contributed by atoms with Gasteiger partial charge in [-0.25, -0.2) is 9.37 Å². The van der Waals surface area contributed by atoms with Crippen LogP contribution in [0.25, 0.3) is 0 Å². The van der Waals surface area contributed by atoms with E-state index in [1.165, 1.54) is 13.2 Å². The van der Waals surface area contributed by atoms with Gasteiger partial charge in [-0.05, 0) is 33.8 Å². The second-order valence-electron chi connectivity index (χ2n) is 4.97. The fraction of sp³-hybridized carbons (Fsp3) is 0.583. The van der Waals surface area contributed by atoms with Crippen molar-refractivity contribution in [3.63, 3.8) is 0 Å². The van der Waals surface area contributed by atoms with E-state index >= 15 is 0 Å². The summed E-state index contributed by atoms with van der Waals surface area (Å²) < 4.78 is 32.8. The predicted molar refractivity (Wildman–Crippen MR) is 70.2 cm³/mol. The predicted octanol–water partition coefficient (Wildman–Crippen LogP) is 2.34. The molecule has 0 aromatic carbocycles. The van der Waals surface area contributed by atoms with E-state index in [0.717, 1.165) is 6.20 Å². The molecule has 102 valence electrons. The van der Waals surface area contributed by atoms with Crippen molar-refractivity contribution >= 4 is 11.4 Å². The molecule has 6 heteroatoms. The van der Waals surface area contributed by atoms with Gasteiger partial charge in [0.05, 0.1) is 19.3 Å². The summed E-state index contributed by atoms with van der Waals surface area (Å²) in [6.45, 7) is 7.39. The van der Waals surface area contributed by atoms with Gasteiger partial charge < -0.3 is 9.29 Å². The third kappa shape index (κ3) is 3.83. The fourth-order valence-corrected chi connectivity index (χ4v) is 2.13. The molecular formula is C12H19FN2O2S. The van der Waals surface area contributed by atoms with E-state index < -0.39 is 17.2 Å². The third-order valence-corrected chi connectivity index (χ3v) is 4.03. The molecule has 2 atom stereocenters. The maximum atomic E-state index is 13.2. The van der Waals surface area contributed by atoms with Gasteiger partial charge in [0.1, 0.15) is 10.6 Å². The number of hydrogen-bond donors (Lipinski definition) is 1. The van der Waals surface area contributed by atoms with Crippen molar-refractivity contribution in [3.05, 3.63) is 23.6 Å². The van der Waals surface area contributed by atoms with Gasteiger partial charge in [0.25, 0.3) is 0 Å². The standard InChI is InChI=1S/C12H19FN2O2S/c1-8(15-18(16)12(2,3)4)10-6-9(13)7-14-11(10)17-5/h6-8,15H,1-5H3/t8-,18+/m1/s1. The molecule has 0 fully saturated rings. The summed E-state index contributed by atoms with van der Waals surface area (Å²) >= 11 is -1.24. The van der Waals surface area contributed by atoms with E-state index in [9.17, 15) is 8.94 Å². The molecule has 4 nitrogen and oxygen atoms in total. The Balaban J connectivity index is 2.90. The molecule has 0 saturated heterocycles. The van der Waals surface area contributed by atoms with E-state index in [-0.39, 0.29) is 10.8 Å². The van der Waals surface area contributed by atoms with Crippen molar-refractivity contribution in [2.45, 2.75) is 38.5 Å². The first-order valence-electron chi connectivity index (χ1n) is 5.63. The Hall–Kier alpha value is -0.850. The van der Waals surface area contributed by atoms with E-state index in [0.29, 0.717) is 11.4 Å². The fourth-order valence-electron chi connectivity index (χ4n) is 1.32. The summed E-state index contributed by atoms with van der Waals surface area (Å²) in [5.74, 6) is -0.108. The smallest absolute Gasteiger partial charge is 0.218 e. The van der Waals surface area contributed by atoms with Crippen LogP contribution in [-0.2, 0) is 11.4 Å². The Morgan fingerprint density at radius 1 is 1.50 bits per heavy atom. The average Bonchev–Trinajstić information content (AvgIpc) is 2.27. The lowest BCUT2D eigenvalue weighted by Crippen LogP contribution is -2.40. The molecule has 0 radical (unpaired) electrons. The van der Waals surface area contributed by atoms with Crippen molar-refractivity contribution in [3.8, 4) is 5.88 Å². The summed E-state index contributed by atoms with van der Waals surface area (Å²) in [4.78, 5) is 3.85. The minimum atomic E-state index is -1.24. The quantitative estimate of drug-likeness (QED) is 0.856. The van der Waals surface area contributed by atoms with Gasteiger partial charge in [-0.3, -0.25) is 0 Å². The zero-order chi connectivity index (χ0) is 13.9. The second kappa shape index (κ2) is 5.86. The highest BCUT2D eigenvalue weighted by molar-refractivity contribution is 7.90. The van der Waals surface area contributed by atoms with Crippen molar-refractivity contribution in [1.82, 2.24) is 9.71 Å². The molecule has 0 aliphatic heterocycles. The van der Waals surface area contributed by atoms with Gasteiger partial charge in [0, 0.05) is 16.9 Å². The highest BCUT2D eigenvalue weighted by Gasteiger charge is 2.29. The number of aromatic nitrogens is 1. The monoisotopic (exact) mass is 274 g/mol. The van der Waals surface area contributed by atoms with Crippen LogP contribution in [0.15, 0.2) is 12.3 Å². The van der Waals surface area contributed by atoms with Gasteiger partial charge in [0.2, 0.25) is 5.88 Å². The summed E-state index contributed by atoms with van der Waals surface area (Å²) in [7, 11) is 1.47. The molecule has 18 heavy (non-hydrogen) atoms. The first-order valence-corrected chi connectivity index (χ1v) is 6.78. The zero-order valence-electron chi connectivity index (χ0n) is 11.3. The molecule has 0 bridgehead atoms. The van der Waals surface area contributed by atoms with Gasteiger partial charge in [0.15, 0.2) is 0 Å². The second-order valence-corrected chi connectivity index (χ2v) is 6.97. The lowest BCUT2D eigenvalue weighted by molar-refractivity contribution is 0.385. The number of nitrogens with one attached hydrogen (secondary N) is 1. The van der Waals surface area contributed by atoms with Gasteiger partial charge in [-0.1, -0.05) is 0 Å². The molecular weight excluding hydrogens is 255 g/mol. The normalized spacial score (nSPS) is 15.3. The van der Waals surface area contributed by atoms with Crippen LogP contribution in [0.2, 0.25) is 0 Å². The average molecular weight is 274 g/mol. The van der Waals surface area contributed by atoms with Crippen molar-refractivity contribution < 1.29 is 13.7 Å². The van der Waals surface area contributed by atoms with Gasteiger partial charge in [-0.2, -0.15) is 0 Å². The third-order valence-electron chi connectivity index (χ3n) is 2.35. The van der Waals surface area contributed by atoms with E-state index in [1.54, 1.807) is 6.92 Å². The molecule has 0 spiro atoms. The van der Waals surface area contributed by atoms with E-state index in [1.807, 2.05) is 20.8 Å². The van der Waals surface area contributed by atoms with Crippen LogP contribution >= 0.6 is 0 Å². The Morgan fingerprint density at radius 2 is 2.11 bits per heavy atom. The summed E-state index contributed by atoms with van der Waals surface area (Å²) in [6.07, 6.45) is 1.09. The first kappa shape index (κ1) is 15.2. The number of rotatable bonds is 4. The van der Waals surface area contributed by atoms with Crippen molar-refractivity contribution in [2.75, 3.05) is 7.11 Å². The van der Waals surface area contributed by atoms with Crippen LogP contribution in [0.5, 0.6) is 5.88 Å². The largest absolute Gasteiger partial charge is 0.598 e. The molecule has 0 aliphatic rings. The van der Waals surface area contributed by atoms with Crippen LogP contribution < -0.4 is 9.46 Å². The molecule has 0 saturated carbocycles. The van der Waals surface area contributed by atoms with Gasteiger partial charge in [-0.15, -0.1) is 4.72 Å². The Labute approximate surface area is 110 Å². The minimum absolute atomic E-state index is 0.316. The number of hydrogen-bond acceptors (Lipinski definition) is 4. The lowest BCUT2D eigenvalue weighted by Gasteiger charge is -2.26. The first-order chi connectivity index (χ1) is 8.25. The highest BCUT2D eigenvalue weighted by Crippen LogP contribution is 2.25. The molecule has 1 aromatic rings. The van der Waals surface area contributed by atoms with Crippen LogP contribution in [0.4, 0.5) is 4.39 Å². The van der Waals surface area contributed by atoms with Crippen molar-refractivity contribution in [1.29, 1.82) is 0 Å². The van der Waals surface area contributed by atoms with E-state index in [2.05, 4.69) is 9.71 Å². The van der Waals surface area contributed by atoms with Crippen molar-refractivity contribution in [2.24, 2.45) is 0 Å². The van der Waals surface area contributed by atoms with Gasteiger partial charge >= 0.3 is 0 Å². The molecule has 1 N–H and O–H groups in total. The number of halogens is 1. The zero-order valence-corrected chi connectivity index (χ0v) is 12.1. The summed E-state index contributed by atoms with van der Waals surface area (Å²) in [6, 6.07) is 1.02. The summed E-state index contributed by atoms with van der Waals surface area (Å²) in [5, 5.41) is 0. The molecule has 0 unspecified atom stereocenters. The number of nitrogens with zero attached hydrogens (tertiary/aromatic N) is 1. The minimum Gasteiger partial charge on any atom is -0.598 e. The SMILES string of the molecule is COc1ncc(F)cc1[C@@H](C)N[S@@+]([O-])C(C)(C)C. The lowest BCUT2D eigenvalue weighted by atomic mass is 10.1. The Bertz CT molecular complexity index is 410. The molecule has 1 rings (SSSR count).